The van der Waals surface area contributed by atoms with Crippen molar-refractivity contribution >= 4 is 33.6 Å². The highest BCUT2D eigenvalue weighted by molar-refractivity contribution is 6.03. The third-order valence-electron chi connectivity index (χ3n) is 13.7. The maximum Gasteiger partial charge on any atom is 0.435 e. The number of aromatic nitrogens is 3. The number of benzene rings is 2. The van der Waals surface area contributed by atoms with E-state index in [1.54, 1.807) is 31.7 Å². The van der Waals surface area contributed by atoms with Crippen LogP contribution >= 0.6 is 0 Å². The Labute approximate surface area is 387 Å². The molecule has 69 heavy (non-hydrogen) atoms. The van der Waals surface area contributed by atoms with E-state index < -0.39 is 96.8 Å². The van der Waals surface area contributed by atoms with Crippen LogP contribution in [0.15, 0.2) is 24.3 Å². The standard InChI is InChI=1S/C46H45F11N6O6/c1-6-27-29(47)10-8-23-16-25(67-22-65-5)17-28(33(23)27)36-35(48)37-34-30(58-36)11-13-31-32-12-9-24(63(32)40(64)69-41(2,3)4)19-62(31)38(34)60-39(59-37)66-21-42-14-7-15-61(42)20-26(18-42)68-43(44(49,50)51,45(52,53)54)46(55,56)57/h1,8,10,16-17,24,26,31-32H,7,9,11-15,18-22H2,2-5H3/t24-,26-,31-,32+,42?/m1/s1. The zero-order valence-electron chi connectivity index (χ0n) is 37.5. The lowest BCUT2D eigenvalue weighted by molar-refractivity contribution is -0.463. The summed E-state index contributed by atoms with van der Waals surface area (Å²) in [6, 6.07) is 3.82. The van der Waals surface area contributed by atoms with Crippen molar-refractivity contribution in [2.75, 3.05) is 45.0 Å². The van der Waals surface area contributed by atoms with Crippen LogP contribution in [-0.4, -0.2) is 130 Å². The monoisotopic (exact) mass is 986 g/mol. The van der Waals surface area contributed by atoms with E-state index in [1.165, 1.54) is 24.1 Å². The highest BCUT2D eigenvalue weighted by Crippen LogP contribution is 2.57. The predicted octanol–water partition coefficient (Wildman–Crippen LogP) is 9.42. The number of pyridine rings is 1. The third-order valence-corrected chi connectivity index (χ3v) is 13.7. The molecule has 4 fully saturated rings. The molecule has 9 rings (SSSR count). The lowest BCUT2D eigenvalue weighted by atomic mass is 9.93. The van der Waals surface area contributed by atoms with E-state index in [4.69, 9.17) is 35.3 Å². The van der Waals surface area contributed by atoms with Crippen molar-refractivity contribution in [3.63, 3.8) is 0 Å². The van der Waals surface area contributed by atoms with Crippen LogP contribution in [0.3, 0.4) is 0 Å². The number of nitrogens with zero attached hydrogens (tertiary/aromatic N) is 6. The van der Waals surface area contributed by atoms with Crippen molar-refractivity contribution in [1.29, 1.82) is 0 Å². The van der Waals surface area contributed by atoms with Crippen molar-refractivity contribution in [3.05, 3.63) is 47.2 Å². The molecule has 23 heteroatoms. The summed E-state index contributed by atoms with van der Waals surface area (Å²) in [5, 5.41) is 0.653. The van der Waals surface area contributed by atoms with Gasteiger partial charge in [-0.3, -0.25) is 9.80 Å². The van der Waals surface area contributed by atoms with E-state index in [0.29, 0.717) is 36.8 Å². The molecule has 0 saturated carbocycles. The molecule has 5 aliphatic heterocycles. The summed E-state index contributed by atoms with van der Waals surface area (Å²) in [6.07, 6.45) is -16.3. The molecule has 4 saturated heterocycles. The van der Waals surface area contributed by atoms with Gasteiger partial charge in [-0.15, -0.1) is 6.42 Å². The zero-order chi connectivity index (χ0) is 49.8. The molecule has 4 aromatic rings. The van der Waals surface area contributed by atoms with Gasteiger partial charge >= 0.3 is 36.2 Å². The molecule has 372 valence electrons. The minimum absolute atomic E-state index is 0.0200. The molecule has 0 aliphatic carbocycles. The van der Waals surface area contributed by atoms with Crippen LogP contribution in [-0.2, 0) is 20.6 Å². The minimum Gasteiger partial charge on any atom is -0.468 e. The van der Waals surface area contributed by atoms with Crippen LogP contribution in [0.5, 0.6) is 11.8 Å². The maximum atomic E-state index is 17.8. The van der Waals surface area contributed by atoms with Gasteiger partial charge in [0.25, 0.3) is 0 Å². The number of carbonyl (C=O) groups excluding carboxylic acids is 1. The Morgan fingerprint density at radius 1 is 0.899 bits per heavy atom. The van der Waals surface area contributed by atoms with E-state index >= 15 is 8.78 Å². The molecule has 0 N–H and O–H groups in total. The first kappa shape index (κ1) is 48.5. The molecule has 2 aromatic heterocycles. The zero-order valence-corrected chi connectivity index (χ0v) is 37.5. The second-order valence-electron chi connectivity index (χ2n) is 19.1. The van der Waals surface area contributed by atoms with E-state index in [-0.39, 0.29) is 83.4 Å². The number of halogens is 11. The number of ether oxygens (including phenoxy) is 5. The van der Waals surface area contributed by atoms with Gasteiger partial charge in [-0.05, 0) is 95.8 Å². The number of fused-ring (bicyclic) bond motifs is 7. The molecular formula is C46H45F11N6O6. The van der Waals surface area contributed by atoms with Gasteiger partial charge in [0, 0.05) is 31.1 Å². The van der Waals surface area contributed by atoms with Crippen molar-refractivity contribution < 1.29 is 76.8 Å². The Kier molecular flexibility index (Phi) is 11.9. The summed E-state index contributed by atoms with van der Waals surface area (Å²) in [5.41, 5.74) is -9.25. The summed E-state index contributed by atoms with van der Waals surface area (Å²) in [7, 11) is 1.39. The number of hydrogen-bond donors (Lipinski definition) is 0. The molecule has 1 unspecified atom stereocenters. The number of anilines is 1. The van der Waals surface area contributed by atoms with Crippen molar-refractivity contribution in [1.82, 2.24) is 24.8 Å². The molecule has 2 aromatic carbocycles. The number of terminal acetylenes is 1. The second-order valence-corrected chi connectivity index (χ2v) is 19.1. The Hall–Kier alpha value is -5.47. The SMILES string of the molecule is C#Cc1c(F)ccc2cc(OCOC)cc(-c3nc4c5c(nc(OCC67CCCN6C[C@H](OC(C(F)(F)F)(C(F)(F)F)C(F)(F)F)C7)nc5c3F)N3C[C@H]5CC[C@@H]([C@H]3CC4)N5C(=O)OC(C)(C)C)c12. The lowest BCUT2D eigenvalue weighted by Gasteiger charge is -2.47. The largest absolute Gasteiger partial charge is 0.468 e. The Morgan fingerprint density at radius 3 is 2.29 bits per heavy atom. The van der Waals surface area contributed by atoms with Gasteiger partial charge in [-0.1, -0.05) is 12.0 Å². The average molecular weight is 987 g/mol. The Bertz CT molecular complexity index is 2700. The van der Waals surface area contributed by atoms with Gasteiger partial charge in [0.15, 0.2) is 12.6 Å². The first-order chi connectivity index (χ1) is 32.3. The van der Waals surface area contributed by atoms with Crippen LogP contribution in [0.25, 0.3) is 32.9 Å². The minimum atomic E-state index is -6.92. The summed E-state index contributed by atoms with van der Waals surface area (Å²) in [6.45, 7) is 4.00. The fourth-order valence-electron chi connectivity index (χ4n) is 11.0. The molecule has 2 bridgehead atoms. The third kappa shape index (κ3) is 8.07. The number of rotatable bonds is 9. The number of hydrogen-bond acceptors (Lipinski definition) is 11. The van der Waals surface area contributed by atoms with Crippen LogP contribution in [0, 0.1) is 24.0 Å². The van der Waals surface area contributed by atoms with Gasteiger partial charge in [0.1, 0.15) is 40.8 Å². The fraction of sp³-hybridized carbons (Fsp3) is 0.565. The number of alkyl halides is 9. The second kappa shape index (κ2) is 16.9. The predicted molar refractivity (Wildman–Crippen MR) is 224 cm³/mol. The van der Waals surface area contributed by atoms with Gasteiger partial charge < -0.3 is 28.6 Å². The highest BCUT2D eigenvalue weighted by Gasteiger charge is 2.86. The number of aryl methyl sites for hydroxylation is 1. The lowest BCUT2D eigenvalue weighted by Crippen LogP contribution is -2.68. The van der Waals surface area contributed by atoms with Gasteiger partial charge in [0.05, 0.1) is 46.4 Å². The van der Waals surface area contributed by atoms with Crippen LogP contribution in [0.2, 0.25) is 0 Å². The summed E-state index contributed by atoms with van der Waals surface area (Å²) in [5.74, 6) is 0.867. The highest BCUT2D eigenvalue weighted by atomic mass is 19.4. The number of carbonyl (C=O) groups is 1. The van der Waals surface area contributed by atoms with Gasteiger partial charge in [0.2, 0.25) is 0 Å². The van der Waals surface area contributed by atoms with E-state index in [9.17, 15) is 44.3 Å². The topological polar surface area (TPSA) is 112 Å². The molecule has 5 atom stereocenters. The first-order valence-electron chi connectivity index (χ1n) is 22.1. The fourth-order valence-corrected chi connectivity index (χ4v) is 11.0. The van der Waals surface area contributed by atoms with E-state index in [1.807, 2.05) is 4.90 Å². The Morgan fingerprint density at radius 2 is 1.62 bits per heavy atom. The molecule has 0 radical (unpaired) electrons. The molecule has 1 amide bonds. The summed E-state index contributed by atoms with van der Waals surface area (Å²) >= 11 is 0. The van der Waals surface area contributed by atoms with Crippen LogP contribution < -0.4 is 14.4 Å². The number of methoxy groups -OCH3 is 1. The first-order valence-corrected chi connectivity index (χ1v) is 22.1. The van der Waals surface area contributed by atoms with Gasteiger partial charge in [-0.25, -0.2) is 18.6 Å². The van der Waals surface area contributed by atoms with E-state index in [0.717, 1.165) is 6.07 Å². The molecule has 5 aliphatic rings. The average Bonchev–Trinajstić information content (AvgIpc) is 3.87. The van der Waals surface area contributed by atoms with Crippen molar-refractivity contribution in [3.8, 4) is 35.4 Å². The molecule has 0 spiro atoms. The smallest absolute Gasteiger partial charge is 0.435 e. The van der Waals surface area contributed by atoms with Crippen LogP contribution in [0.1, 0.15) is 70.6 Å². The quantitative estimate of drug-likeness (QED) is 0.0909. The van der Waals surface area contributed by atoms with E-state index in [2.05, 4.69) is 15.6 Å². The maximum absolute atomic E-state index is 17.8. The number of amides is 1. The summed E-state index contributed by atoms with van der Waals surface area (Å²) in [4.78, 5) is 32.9. The normalized spacial score (nSPS) is 24.1. The van der Waals surface area contributed by atoms with Crippen molar-refractivity contribution in [2.45, 2.75) is 125 Å². The van der Waals surface area contributed by atoms with Crippen LogP contribution in [0.4, 0.5) is 58.9 Å². The molecular weight excluding hydrogens is 942 g/mol. The number of piperazine rings is 1. The Balaban J connectivity index is 1.16. The van der Waals surface area contributed by atoms with Gasteiger partial charge in [-0.2, -0.15) is 49.5 Å². The molecule has 7 heterocycles. The van der Waals surface area contributed by atoms with Crippen molar-refractivity contribution in [2.24, 2.45) is 0 Å². The summed E-state index contributed by atoms with van der Waals surface area (Å²) < 4.78 is 186. The molecule has 12 nitrogen and oxygen atoms in total.